The van der Waals surface area contributed by atoms with Gasteiger partial charge in [0.1, 0.15) is 11.3 Å². The van der Waals surface area contributed by atoms with Crippen molar-refractivity contribution >= 4 is 11.9 Å². The molecular weight excluding hydrogens is 260 g/mol. The lowest BCUT2D eigenvalue weighted by Gasteiger charge is -2.13. The van der Waals surface area contributed by atoms with Crippen LogP contribution < -0.4 is 5.32 Å². The molecule has 1 rings (SSSR count). The molecule has 0 aliphatic rings. The van der Waals surface area contributed by atoms with Crippen LogP contribution in [0.4, 0.5) is 0 Å². The molecule has 1 aromatic heterocycles. The highest BCUT2D eigenvalue weighted by molar-refractivity contribution is 5.96. The highest BCUT2D eigenvalue weighted by atomic mass is 16.5. The van der Waals surface area contributed by atoms with Gasteiger partial charge in [0.05, 0.1) is 5.69 Å². The Hall–Kier alpha value is -1.85. The third-order valence-corrected chi connectivity index (χ3v) is 3.44. The summed E-state index contributed by atoms with van der Waals surface area (Å²) in [6.07, 6.45) is 2.51. The fraction of sp³-hybridized carbons (Fsp3) is 0.643. The van der Waals surface area contributed by atoms with Crippen molar-refractivity contribution in [1.82, 2.24) is 10.5 Å². The van der Waals surface area contributed by atoms with E-state index in [2.05, 4.69) is 10.5 Å². The van der Waals surface area contributed by atoms with Gasteiger partial charge in [-0.2, -0.15) is 0 Å². The van der Waals surface area contributed by atoms with Gasteiger partial charge in [0.15, 0.2) is 0 Å². The van der Waals surface area contributed by atoms with E-state index in [1.165, 1.54) is 0 Å². The average Bonchev–Trinajstić information content (AvgIpc) is 2.72. The highest BCUT2D eigenvalue weighted by Gasteiger charge is 2.17. The maximum Gasteiger partial charge on any atom is 0.303 e. The Kier molecular flexibility index (Phi) is 6.21. The van der Waals surface area contributed by atoms with Crippen LogP contribution in [-0.4, -0.2) is 28.7 Å². The van der Waals surface area contributed by atoms with Crippen molar-refractivity contribution in [2.24, 2.45) is 5.92 Å². The molecule has 0 aliphatic carbocycles. The molecule has 0 fully saturated rings. The topological polar surface area (TPSA) is 92.4 Å². The summed E-state index contributed by atoms with van der Waals surface area (Å²) in [5.41, 5.74) is 1.07. The molecule has 0 saturated carbocycles. The van der Waals surface area contributed by atoms with Crippen molar-refractivity contribution in [3.8, 4) is 0 Å². The summed E-state index contributed by atoms with van der Waals surface area (Å²) in [4.78, 5) is 22.5. The standard InChI is InChI=1S/C14H22N2O4/c1-4-11(5-6-12(17)18)7-8-15-14(19)13-9(2)16-20-10(13)3/h11H,4-8H2,1-3H3,(H,15,19)(H,17,18). The molecule has 1 unspecified atom stereocenters. The molecule has 1 heterocycles. The number of nitrogens with one attached hydrogen (secondary N) is 1. The van der Waals surface area contributed by atoms with E-state index in [1.807, 2.05) is 6.92 Å². The SMILES string of the molecule is CCC(CCNC(=O)c1c(C)noc1C)CCC(=O)O. The number of carbonyl (C=O) groups is 2. The maximum atomic E-state index is 12.0. The van der Waals surface area contributed by atoms with Crippen molar-refractivity contribution in [2.45, 2.75) is 46.5 Å². The zero-order chi connectivity index (χ0) is 15.1. The molecule has 6 nitrogen and oxygen atoms in total. The summed E-state index contributed by atoms with van der Waals surface area (Å²) in [5.74, 6) is -0.133. The molecular formula is C14H22N2O4. The van der Waals surface area contributed by atoms with Gasteiger partial charge in [-0.05, 0) is 32.6 Å². The number of hydrogen-bond donors (Lipinski definition) is 2. The van der Waals surface area contributed by atoms with E-state index in [0.717, 1.165) is 12.8 Å². The molecule has 6 heteroatoms. The summed E-state index contributed by atoms with van der Waals surface area (Å²) in [5, 5.41) is 15.2. The maximum absolute atomic E-state index is 12.0. The molecule has 2 N–H and O–H groups in total. The molecule has 112 valence electrons. The van der Waals surface area contributed by atoms with E-state index in [4.69, 9.17) is 9.63 Å². The molecule has 0 aliphatic heterocycles. The van der Waals surface area contributed by atoms with Crippen LogP contribution in [-0.2, 0) is 4.79 Å². The molecule has 0 bridgehead atoms. The predicted molar refractivity (Wildman–Crippen MR) is 73.6 cm³/mol. The number of nitrogens with zero attached hydrogens (tertiary/aromatic N) is 1. The summed E-state index contributed by atoms with van der Waals surface area (Å²) in [6.45, 7) is 5.99. The van der Waals surface area contributed by atoms with Crippen molar-refractivity contribution in [3.05, 3.63) is 17.0 Å². The lowest BCUT2D eigenvalue weighted by Crippen LogP contribution is -2.26. The number of amides is 1. The minimum absolute atomic E-state index is 0.177. The molecule has 0 aromatic carbocycles. The highest BCUT2D eigenvalue weighted by Crippen LogP contribution is 2.15. The van der Waals surface area contributed by atoms with Crippen molar-refractivity contribution in [3.63, 3.8) is 0 Å². The van der Waals surface area contributed by atoms with Crippen LogP contribution in [0.5, 0.6) is 0 Å². The van der Waals surface area contributed by atoms with Gasteiger partial charge in [0.2, 0.25) is 0 Å². The van der Waals surface area contributed by atoms with E-state index in [1.54, 1.807) is 13.8 Å². The molecule has 0 radical (unpaired) electrons. The van der Waals surface area contributed by atoms with E-state index < -0.39 is 5.97 Å². The fourth-order valence-electron chi connectivity index (χ4n) is 2.17. The van der Waals surface area contributed by atoms with Crippen molar-refractivity contribution < 1.29 is 19.2 Å². The second-order valence-corrected chi connectivity index (χ2v) is 4.95. The van der Waals surface area contributed by atoms with Gasteiger partial charge in [-0.25, -0.2) is 0 Å². The van der Waals surface area contributed by atoms with Crippen LogP contribution in [0.15, 0.2) is 4.52 Å². The third-order valence-electron chi connectivity index (χ3n) is 3.44. The molecule has 20 heavy (non-hydrogen) atoms. The van der Waals surface area contributed by atoms with Gasteiger partial charge in [0.25, 0.3) is 5.91 Å². The summed E-state index contributed by atoms with van der Waals surface area (Å²) >= 11 is 0. The van der Waals surface area contributed by atoms with Gasteiger partial charge >= 0.3 is 5.97 Å². The lowest BCUT2D eigenvalue weighted by atomic mass is 9.96. The zero-order valence-corrected chi connectivity index (χ0v) is 12.2. The van der Waals surface area contributed by atoms with E-state index in [9.17, 15) is 9.59 Å². The summed E-state index contributed by atoms with van der Waals surface area (Å²) in [7, 11) is 0. The fourth-order valence-corrected chi connectivity index (χ4v) is 2.17. The van der Waals surface area contributed by atoms with Crippen LogP contribution in [0.2, 0.25) is 0 Å². The van der Waals surface area contributed by atoms with E-state index in [0.29, 0.717) is 35.9 Å². The first kappa shape index (κ1) is 16.2. The van der Waals surface area contributed by atoms with Gasteiger partial charge in [-0.1, -0.05) is 18.5 Å². The third kappa shape index (κ3) is 4.68. The van der Waals surface area contributed by atoms with Crippen LogP contribution >= 0.6 is 0 Å². The monoisotopic (exact) mass is 282 g/mol. The lowest BCUT2D eigenvalue weighted by molar-refractivity contribution is -0.137. The number of hydrogen-bond acceptors (Lipinski definition) is 4. The van der Waals surface area contributed by atoms with Crippen LogP contribution in [0.3, 0.4) is 0 Å². The molecule has 0 saturated heterocycles. The summed E-state index contributed by atoms with van der Waals surface area (Å²) in [6, 6.07) is 0. The number of carboxylic acids is 1. The minimum Gasteiger partial charge on any atom is -0.481 e. The second-order valence-electron chi connectivity index (χ2n) is 4.95. The number of aryl methyl sites for hydroxylation is 2. The van der Waals surface area contributed by atoms with Gasteiger partial charge < -0.3 is 14.9 Å². The molecule has 1 aromatic rings. The second kappa shape index (κ2) is 7.67. The van der Waals surface area contributed by atoms with Crippen LogP contribution in [0.25, 0.3) is 0 Å². The average molecular weight is 282 g/mol. The first-order chi connectivity index (χ1) is 9.45. The van der Waals surface area contributed by atoms with E-state index >= 15 is 0 Å². The van der Waals surface area contributed by atoms with Gasteiger partial charge in [-0.3, -0.25) is 9.59 Å². The Morgan fingerprint density at radius 3 is 2.55 bits per heavy atom. The van der Waals surface area contributed by atoms with Gasteiger partial charge in [0, 0.05) is 13.0 Å². The first-order valence-corrected chi connectivity index (χ1v) is 6.88. The normalized spacial score (nSPS) is 12.2. The predicted octanol–water partition coefficient (Wildman–Crippen LogP) is 2.30. The summed E-state index contributed by atoms with van der Waals surface area (Å²) < 4.78 is 4.95. The largest absolute Gasteiger partial charge is 0.481 e. The number of aliphatic carboxylic acids is 1. The zero-order valence-electron chi connectivity index (χ0n) is 12.2. The van der Waals surface area contributed by atoms with Crippen LogP contribution in [0.1, 0.15) is 54.4 Å². The Morgan fingerprint density at radius 1 is 1.35 bits per heavy atom. The number of aromatic nitrogens is 1. The Morgan fingerprint density at radius 2 is 2.05 bits per heavy atom. The quantitative estimate of drug-likeness (QED) is 0.763. The van der Waals surface area contributed by atoms with Crippen molar-refractivity contribution in [1.29, 1.82) is 0 Å². The van der Waals surface area contributed by atoms with Gasteiger partial charge in [-0.15, -0.1) is 0 Å². The van der Waals surface area contributed by atoms with Crippen LogP contribution in [0, 0.1) is 19.8 Å². The Balaban J connectivity index is 2.39. The first-order valence-electron chi connectivity index (χ1n) is 6.88. The Bertz CT molecular complexity index is 448. The Labute approximate surface area is 118 Å². The molecule has 0 spiro atoms. The number of rotatable bonds is 8. The van der Waals surface area contributed by atoms with E-state index in [-0.39, 0.29) is 12.3 Å². The number of carboxylic acid groups (broad SMARTS) is 1. The van der Waals surface area contributed by atoms with Crippen molar-refractivity contribution in [2.75, 3.05) is 6.54 Å². The smallest absolute Gasteiger partial charge is 0.303 e. The molecule has 1 amide bonds. The molecule has 1 atom stereocenters. The number of carbonyl (C=O) groups excluding carboxylic acids is 1. The minimum atomic E-state index is -0.775.